The van der Waals surface area contributed by atoms with E-state index in [2.05, 4.69) is 29.4 Å². The fourth-order valence-corrected chi connectivity index (χ4v) is 5.09. The number of ether oxygens (including phenoxy) is 1. The lowest BCUT2D eigenvalue weighted by atomic mass is 9.82. The standard InChI is InChI=1S/C26H33N5O2/c1-17(18-6-10-27-11-7-18)14-24-29-16-23-25(31-24)22(19-2-4-20(32)5-3-19)15-30-26(23)33-21-8-12-28-13-9-21/h6-7,10-11,15-17,19-21,28,32H,2-5,8-9,12-14H2,1H3. The van der Waals surface area contributed by atoms with E-state index in [1.807, 2.05) is 24.8 Å². The lowest BCUT2D eigenvalue weighted by Crippen LogP contribution is -2.34. The van der Waals surface area contributed by atoms with Crippen LogP contribution >= 0.6 is 0 Å². The van der Waals surface area contributed by atoms with Crippen LogP contribution in [0.4, 0.5) is 0 Å². The zero-order chi connectivity index (χ0) is 22.6. The highest BCUT2D eigenvalue weighted by Gasteiger charge is 2.26. The summed E-state index contributed by atoms with van der Waals surface area (Å²) < 4.78 is 6.34. The number of piperidine rings is 1. The number of nitrogens with zero attached hydrogens (tertiary/aromatic N) is 4. The smallest absolute Gasteiger partial charge is 0.224 e. The van der Waals surface area contributed by atoms with Crippen LogP contribution in [-0.2, 0) is 6.42 Å². The predicted octanol–water partition coefficient (Wildman–Crippen LogP) is 3.92. The molecule has 1 atom stereocenters. The van der Waals surface area contributed by atoms with Crippen LogP contribution in [-0.4, -0.2) is 50.3 Å². The van der Waals surface area contributed by atoms with Gasteiger partial charge in [-0.25, -0.2) is 15.0 Å². The Kier molecular flexibility index (Phi) is 6.78. The molecule has 0 amide bonds. The number of rotatable bonds is 6. The second-order valence-electron chi connectivity index (χ2n) is 9.53. The van der Waals surface area contributed by atoms with Crippen molar-refractivity contribution in [2.24, 2.45) is 0 Å². The number of hydrogen-bond acceptors (Lipinski definition) is 7. The maximum atomic E-state index is 9.99. The number of fused-ring (bicyclic) bond motifs is 1. The van der Waals surface area contributed by atoms with Crippen molar-refractivity contribution < 1.29 is 9.84 Å². The number of hydrogen-bond donors (Lipinski definition) is 2. The fourth-order valence-electron chi connectivity index (χ4n) is 5.09. The molecular formula is C26H33N5O2. The average molecular weight is 448 g/mol. The third kappa shape index (κ3) is 5.14. The van der Waals surface area contributed by atoms with E-state index in [0.717, 1.165) is 80.3 Å². The van der Waals surface area contributed by atoms with Crippen LogP contribution in [0.5, 0.6) is 5.88 Å². The minimum absolute atomic E-state index is 0.170. The molecule has 1 aliphatic heterocycles. The predicted molar refractivity (Wildman–Crippen MR) is 127 cm³/mol. The molecule has 3 aromatic heterocycles. The molecule has 4 heterocycles. The van der Waals surface area contributed by atoms with Crippen molar-refractivity contribution >= 4 is 10.9 Å². The van der Waals surface area contributed by atoms with Crippen molar-refractivity contribution in [2.45, 2.75) is 75.9 Å². The van der Waals surface area contributed by atoms with Crippen molar-refractivity contribution in [1.82, 2.24) is 25.3 Å². The van der Waals surface area contributed by atoms with Crippen molar-refractivity contribution in [3.8, 4) is 5.88 Å². The van der Waals surface area contributed by atoms with Crippen molar-refractivity contribution in [1.29, 1.82) is 0 Å². The Morgan fingerprint density at radius 1 is 1.03 bits per heavy atom. The van der Waals surface area contributed by atoms with Crippen molar-refractivity contribution in [3.63, 3.8) is 0 Å². The molecule has 1 saturated heterocycles. The third-order valence-corrected chi connectivity index (χ3v) is 7.13. The van der Waals surface area contributed by atoms with Crippen LogP contribution in [0.1, 0.15) is 74.2 Å². The lowest BCUT2D eigenvalue weighted by Gasteiger charge is -2.27. The van der Waals surface area contributed by atoms with E-state index in [-0.39, 0.29) is 12.2 Å². The van der Waals surface area contributed by atoms with Gasteiger partial charge in [-0.1, -0.05) is 6.92 Å². The first-order chi connectivity index (χ1) is 16.2. The molecule has 0 radical (unpaired) electrons. The van der Waals surface area contributed by atoms with E-state index >= 15 is 0 Å². The van der Waals surface area contributed by atoms with Gasteiger partial charge < -0.3 is 15.2 Å². The Hall–Kier alpha value is -2.64. The first kappa shape index (κ1) is 22.2. The van der Waals surface area contributed by atoms with Crippen LogP contribution in [0.15, 0.2) is 36.9 Å². The van der Waals surface area contributed by atoms with Crippen molar-refractivity contribution in [2.75, 3.05) is 13.1 Å². The summed E-state index contributed by atoms with van der Waals surface area (Å²) in [5, 5.41) is 14.3. The molecule has 174 valence electrons. The van der Waals surface area contributed by atoms with Gasteiger partial charge in [0.05, 0.1) is 17.0 Å². The number of nitrogens with one attached hydrogen (secondary N) is 1. The summed E-state index contributed by atoms with van der Waals surface area (Å²) in [6, 6.07) is 4.11. The third-order valence-electron chi connectivity index (χ3n) is 7.13. The molecule has 33 heavy (non-hydrogen) atoms. The SMILES string of the molecule is CC(Cc1ncc2c(OC3CCNCC3)ncc(C3CCC(O)CC3)c2n1)c1ccncc1. The van der Waals surface area contributed by atoms with E-state index in [9.17, 15) is 5.11 Å². The first-order valence-corrected chi connectivity index (χ1v) is 12.3. The fraction of sp³-hybridized carbons (Fsp3) is 0.538. The van der Waals surface area contributed by atoms with Gasteiger partial charge in [-0.05, 0) is 81.1 Å². The lowest BCUT2D eigenvalue weighted by molar-refractivity contribution is 0.122. The maximum Gasteiger partial charge on any atom is 0.224 e. The average Bonchev–Trinajstić information content (AvgIpc) is 2.86. The number of pyridine rings is 2. The second kappa shape index (κ2) is 10.1. The van der Waals surface area contributed by atoms with Gasteiger partial charge >= 0.3 is 0 Å². The molecule has 5 rings (SSSR count). The molecule has 7 nitrogen and oxygen atoms in total. The van der Waals surface area contributed by atoms with Crippen LogP contribution in [0, 0.1) is 0 Å². The Morgan fingerprint density at radius 3 is 2.55 bits per heavy atom. The number of aliphatic hydroxyl groups is 1. The summed E-state index contributed by atoms with van der Waals surface area (Å²) in [4.78, 5) is 18.7. The van der Waals surface area contributed by atoms with E-state index in [1.165, 1.54) is 5.56 Å². The van der Waals surface area contributed by atoms with Gasteiger partial charge in [0.15, 0.2) is 0 Å². The van der Waals surface area contributed by atoms with E-state index in [4.69, 9.17) is 19.7 Å². The molecule has 2 fully saturated rings. The zero-order valence-corrected chi connectivity index (χ0v) is 19.3. The van der Waals surface area contributed by atoms with E-state index in [1.54, 1.807) is 0 Å². The quantitative estimate of drug-likeness (QED) is 0.592. The molecule has 1 saturated carbocycles. The molecule has 2 N–H and O–H groups in total. The van der Waals surface area contributed by atoms with E-state index in [0.29, 0.717) is 17.7 Å². The molecule has 7 heteroatoms. The Morgan fingerprint density at radius 2 is 1.79 bits per heavy atom. The highest BCUT2D eigenvalue weighted by molar-refractivity contribution is 5.85. The van der Waals surface area contributed by atoms with Gasteiger partial charge in [0.1, 0.15) is 11.9 Å². The summed E-state index contributed by atoms with van der Waals surface area (Å²) in [6.07, 6.45) is 13.8. The molecular weight excluding hydrogens is 414 g/mol. The monoisotopic (exact) mass is 447 g/mol. The Bertz CT molecular complexity index is 1060. The largest absolute Gasteiger partial charge is 0.474 e. The minimum Gasteiger partial charge on any atom is -0.474 e. The van der Waals surface area contributed by atoms with Gasteiger partial charge in [0.2, 0.25) is 5.88 Å². The normalized spacial score (nSPS) is 22.8. The van der Waals surface area contributed by atoms with Crippen LogP contribution in [0.3, 0.4) is 0 Å². The summed E-state index contributed by atoms with van der Waals surface area (Å²) in [5.74, 6) is 2.14. The van der Waals surface area contributed by atoms with Gasteiger partial charge in [-0.2, -0.15) is 0 Å². The molecule has 0 spiro atoms. The Balaban J connectivity index is 1.48. The highest BCUT2D eigenvalue weighted by atomic mass is 16.5. The van der Waals surface area contributed by atoms with Crippen LogP contribution in [0.2, 0.25) is 0 Å². The summed E-state index contributed by atoms with van der Waals surface area (Å²) in [7, 11) is 0. The van der Waals surface area contributed by atoms with Gasteiger partial charge in [-0.3, -0.25) is 4.98 Å². The molecule has 1 aliphatic carbocycles. The van der Waals surface area contributed by atoms with Gasteiger partial charge in [0.25, 0.3) is 0 Å². The topological polar surface area (TPSA) is 93.0 Å². The summed E-state index contributed by atoms with van der Waals surface area (Å²) in [6.45, 7) is 4.14. The number of aliphatic hydroxyl groups excluding tert-OH is 1. The molecule has 1 unspecified atom stereocenters. The highest BCUT2D eigenvalue weighted by Crippen LogP contribution is 2.38. The van der Waals surface area contributed by atoms with Crippen molar-refractivity contribution in [3.05, 3.63) is 53.9 Å². The summed E-state index contributed by atoms with van der Waals surface area (Å²) in [5.41, 5.74) is 3.36. The first-order valence-electron chi connectivity index (χ1n) is 12.3. The van der Waals surface area contributed by atoms with E-state index < -0.39 is 0 Å². The van der Waals surface area contributed by atoms with Gasteiger partial charge in [0, 0.05) is 36.8 Å². The van der Waals surface area contributed by atoms with Gasteiger partial charge in [-0.15, -0.1) is 0 Å². The Labute approximate surface area is 195 Å². The van der Waals surface area contributed by atoms with Crippen LogP contribution in [0.25, 0.3) is 10.9 Å². The maximum absolute atomic E-state index is 9.99. The van der Waals surface area contributed by atoms with Crippen LogP contribution < -0.4 is 10.1 Å². The molecule has 0 bridgehead atoms. The minimum atomic E-state index is -0.186. The second-order valence-corrected chi connectivity index (χ2v) is 9.53. The molecule has 3 aromatic rings. The molecule has 0 aromatic carbocycles. The molecule has 2 aliphatic rings. The summed E-state index contributed by atoms with van der Waals surface area (Å²) >= 11 is 0. The number of aromatic nitrogens is 4. The zero-order valence-electron chi connectivity index (χ0n) is 19.3.